The summed E-state index contributed by atoms with van der Waals surface area (Å²) in [5.74, 6) is 0. The van der Waals surface area contributed by atoms with Gasteiger partial charge in [0, 0.05) is 42.2 Å². The number of fused-ring (bicyclic) bond motifs is 7. The lowest BCUT2D eigenvalue weighted by molar-refractivity contribution is 0.584. The molecule has 0 fully saturated rings. The van der Waals surface area contributed by atoms with Crippen LogP contribution in [0.25, 0.3) is 53.2 Å². The largest absolute Gasteiger partial charge is 0.309 e. The molecule has 8 aromatic rings. The Balaban J connectivity index is 1.32. The topological polar surface area (TPSA) is 3.24 Å². The maximum absolute atomic E-state index is 2.49. The number of hydrogen-bond donors (Lipinski definition) is 0. The SMILES string of the molecule is CC(C)(C)c1ccc2c(c1)C(C)(C)c1cccc(-c3ccccc3N(c3ccc4sc5ccccc5c4c3)c3cccc4ccccc34)c1-2. The van der Waals surface area contributed by atoms with Gasteiger partial charge >= 0.3 is 0 Å². The van der Waals surface area contributed by atoms with Crippen molar-refractivity contribution in [3.05, 3.63) is 162 Å². The van der Waals surface area contributed by atoms with E-state index in [1.165, 1.54) is 81.3 Å². The lowest BCUT2D eigenvalue weighted by atomic mass is 9.79. The van der Waals surface area contributed by atoms with Gasteiger partial charge in [-0.2, -0.15) is 0 Å². The van der Waals surface area contributed by atoms with Gasteiger partial charge in [0.05, 0.1) is 11.4 Å². The molecule has 1 aliphatic rings. The fraction of sp³-hybridized carbons (Fsp3) is 0.149. The molecule has 0 atom stereocenters. The van der Waals surface area contributed by atoms with Crippen molar-refractivity contribution in [3.63, 3.8) is 0 Å². The van der Waals surface area contributed by atoms with E-state index in [-0.39, 0.29) is 10.8 Å². The van der Waals surface area contributed by atoms with Crippen molar-refractivity contribution in [2.45, 2.75) is 45.4 Å². The third-order valence-electron chi connectivity index (χ3n) is 10.6. The fourth-order valence-electron chi connectivity index (χ4n) is 8.04. The highest BCUT2D eigenvalue weighted by atomic mass is 32.1. The first-order valence-corrected chi connectivity index (χ1v) is 18.1. The van der Waals surface area contributed by atoms with Crippen LogP contribution < -0.4 is 4.90 Å². The summed E-state index contributed by atoms with van der Waals surface area (Å²) in [6.07, 6.45) is 0. The minimum Gasteiger partial charge on any atom is -0.309 e. The molecule has 0 unspecified atom stereocenters. The van der Waals surface area contributed by atoms with Crippen molar-refractivity contribution in [1.29, 1.82) is 0 Å². The molecule has 1 heterocycles. The highest BCUT2D eigenvalue weighted by Crippen LogP contribution is 2.55. The Morgan fingerprint density at radius 3 is 2.04 bits per heavy atom. The molecular formula is C47H39NS. The van der Waals surface area contributed by atoms with Gasteiger partial charge in [0.1, 0.15) is 0 Å². The second kappa shape index (κ2) is 10.9. The highest BCUT2D eigenvalue weighted by Gasteiger charge is 2.38. The molecule has 0 radical (unpaired) electrons. The maximum atomic E-state index is 2.49. The van der Waals surface area contributed by atoms with Gasteiger partial charge in [0.15, 0.2) is 0 Å². The van der Waals surface area contributed by atoms with Gasteiger partial charge in [-0.15, -0.1) is 11.3 Å². The number of rotatable bonds is 4. The van der Waals surface area contributed by atoms with Crippen LogP contribution in [0.2, 0.25) is 0 Å². The molecule has 7 aromatic carbocycles. The zero-order valence-corrected chi connectivity index (χ0v) is 29.5. The van der Waals surface area contributed by atoms with Crippen LogP contribution in [0.3, 0.4) is 0 Å². The molecule has 238 valence electrons. The highest BCUT2D eigenvalue weighted by molar-refractivity contribution is 7.25. The predicted octanol–water partition coefficient (Wildman–Crippen LogP) is 13.9. The number of benzene rings is 7. The van der Waals surface area contributed by atoms with Crippen LogP contribution in [-0.4, -0.2) is 0 Å². The van der Waals surface area contributed by atoms with Crippen molar-refractivity contribution in [3.8, 4) is 22.3 Å². The van der Waals surface area contributed by atoms with Gasteiger partial charge < -0.3 is 4.90 Å². The third-order valence-corrected chi connectivity index (χ3v) is 11.8. The monoisotopic (exact) mass is 649 g/mol. The quantitative estimate of drug-likeness (QED) is 0.183. The maximum Gasteiger partial charge on any atom is 0.0540 e. The molecule has 1 nitrogen and oxygen atoms in total. The van der Waals surface area contributed by atoms with Gasteiger partial charge in [-0.25, -0.2) is 0 Å². The van der Waals surface area contributed by atoms with E-state index in [1.807, 2.05) is 11.3 Å². The Morgan fingerprint density at radius 1 is 0.510 bits per heavy atom. The molecule has 0 aliphatic heterocycles. The molecule has 2 heteroatoms. The second-order valence-electron chi connectivity index (χ2n) is 15.0. The van der Waals surface area contributed by atoms with Gasteiger partial charge in [-0.3, -0.25) is 0 Å². The summed E-state index contributed by atoms with van der Waals surface area (Å²) in [5, 5.41) is 5.07. The molecule has 0 spiro atoms. The summed E-state index contributed by atoms with van der Waals surface area (Å²) in [5.41, 5.74) is 12.9. The van der Waals surface area contributed by atoms with Crippen molar-refractivity contribution in [2.75, 3.05) is 4.90 Å². The van der Waals surface area contributed by atoms with Crippen LogP contribution in [0.5, 0.6) is 0 Å². The summed E-state index contributed by atoms with van der Waals surface area (Å²) in [7, 11) is 0. The molecule has 49 heavy (non-hydrogen) atoms. The lowest BCUT2D eigenvalue weighted by Crippen LogP contribution is -2.17. The molecule has 0 N–H and O–H groups in total. The van der Waals surface area contributed by atoms with Crippen molar-refractivity contribution >= 4 is 59.3 Å². The van der Waals surface area contributed by atoms with Gasteiger partial charge in [-0.1, -0.05) is 144 Å². The van der Waals surface area contributed by atoms with E-state index in [1.54, 1.807) is 0 Å². The zero-order valence-electron chi connectivity index (χ0n) is 28.7. The molecule has 0 saturated carbocycles. The Bertz CT molecular complexity index is 2570. The lowest BCUT2D eigenvalue weighted by Gasteiger charge is -2.30. The smallest absolute Gasteiger partial charge is 0.0540 e. The van der Waals surface area contributed by atoms with Crippen molar-refractivity contribution in [2.24, 2.45) is 0 Å². The summed E-state index contributed by atoms with van der Waals surface area (Å²) in [6, 6.07) is 54.3. The number of hydrogen-bond acceptors (Lipinski definition) is 2. The molecular weight excluding hydrogens is 611 g/mol. The Hall–Kier alpha value is -5.18. The minimum atomic E-state index is -0.1000. The fourth-order valence-corrected chi connectivity index (χ4v) is 9.13. The van der Waals surface area contributed by atoms with E-state index in [4.69, 9.17) is 0 Å². The minimum absolute atomic E-state index is 0.0865. The normalized spacial score (nSPS) is 13.6. The first-order chi connectivity index (χ1) is 23.7. The molecule has 0 bridgehead atoms. The summed E-state index contributed by atoms with van der Waals surface area (Å²) < 4.78 is 2.63. The van der Waals surface area contributed by atoms with E-state index in [9.17, 15) is 0 Å². The van der Waals surface area contributed by atoms with E-state index in [2.05, 4.69) is 185 Å². The van der Waals surface area contributed by atoms with Crippen molar-refractivity contribution in [1.82, 2.24) is 0 Å². The molecule has 1 aromatic heterocycles. The van der Waals surface area contributed by atoms with Crippen LogP contribution in [0.1, 0.15) is 51.3 Å². The molecule has 0 amide bonds. The Kier molecular flexibility index (Phi) is 6.67. The number of nitrogens with zero attached hydrogens (tertiary/aromatic N) is 1. The average Bonchev–Trinajstić information content (AvgIpc) is 3.60. The predicted molar refractivity (Wildman–Crippen MR) is 213 cm³/mol. The van der Waals surface area contributed by atoms with Crippen molar-refractivity contribution < 1.29 is 0 Å². The van der Waals surface area contributed by atoms with E-state index in [0.29, 0.717) is 0 Å². The van der Waals surface area contributed by atoms with Crippen LogP contribution >= 0.6 is 11.3 Å². The molecule has 9 rings (SSSR count). The number of thiophene rings is 1. The van der Waals surface area contributed by atoms with E-state index >= 15 is 0 Å². The van der Waals surface area contributed by atoms with Crippen LogP contribution in [0.4, 0.5) is 17.1 Å². The summed E-state index contributed by atoms with van der Waals surface area (Å²) in [6.45, 7) is 11.7. The zero-order chi connectivity index (χ0) is 33.5. The molecule has 1 aliphatic carbocycles. The average molecular weight is 650 g/mol. The Morgan fingerprint density at radius 2 is 1.18 bits per heavy atom. The number of anilines is 3. The summed E-state index contributed by atoms with van der Waals surface area (Å²) in [4.78, 5) is 2.49. The first-order valence-electron chi connectivity index (χ1n) is 17.3. The van der Waals surface area contributed by atoms with Gasteiger partial charge in [0.2, 0.25) is 0 Å². The Labute approximate surface area is 293 Å². The standard InChI is InChI=1S/C47H39NS/c1-46(2,3)31-24-26-37-40(28-31)47(4,5)39-20-13-19-36(45(37)39)34-17-8-10-21-42(34)48(41-22-12-15-30-14-6-7-16-33(30)41)32-25-27-44-38(29-32)35-18-9-11-23-43(35)49-44/h6-29H,1-5H3. The van der Waals surface area contributed by atoms with Crippen LogP contribution in [0, 0.1) is 0 Å². The van der Waals surface area contributed by atoms with Gasteiger partial charge in [0.25, 0.3) is 0 Å². The van der Waals surface area contributed by atoms with Crippen LogP contribution in [0.15, 0.2) is 146 Å². The number of para-hydroxylation sites is 1. The summed E-state index contributed by atoms with van der Waals surface area (Å²) >= 11 is 1.87. The van der Waals surface area contributed by atoms with Gasteiger partial charge in [-0.05, 0) is 80.6 Å². The first kappa shape index (κ1) is 29.9. The second-order valence-corrected chi connectivity index (χ2v) is 16.1. The van der Waals surface area contributed by atoms with E-state index in [0.717, 1.165) is 5.69 Å². The van der Waals surface area contributed by atoms with Crippen LogP contribution in [-0.2, 0) is 10.8 Å². The third kappa shape index (κ3) is 4.65. The van der Waals surface area contributed by atoms with E-state index < -0.39 is 0 Å². The molecule has 0 saturated heterocycles.